The predicted octanol–water partition coefficient (Wildman–Crippen LogP) is 3.46. The molecule has 6 heteroatoms. The van der Waals surface area contributed by atoms with Crippen LogP contribution in [0.1, 0.15) is 6.92 Å². The van der Waals surface area contributed by atoms with Gasteiger partial charge in [0.2, 0.25) is 0 Å². The van der Waals surface area contributed by atoms with Crippen molar-refractivity contribution in [2.45, 2.75) is 13.0 Å². The van der Waals surface area contributed by atoms with Gasteiger partial charge in [0, 0.05) is 11.8 Å². The highest BCUT2D eigenvalue weighted by Gasteiger charge is 2.08. The van der Waals surface area contributed by atoms with Crippen molar-refractivity contribution in [3.63, 3.8) is 0 Å². The van der Waals surface area contributed by atoms with Crippen LogP contribution in [0.4, 0.5) is 5.69 Å². The zero-order chi connectivity index (χ0) is 17.4. The summed E-state index contributed by atoms with van der Waals surface area (Å²) in [6, 6.07) is 15.2. The van der Waals surface area contributed by atoms with E-state index in [-0.39, 0.29) is 6.04 Å². The summed E-state index contributed by atoms with van der Waals surface area (Å²) >= 11 is 5.33. The van der Waals surface area contributed by atoms with Crippen LogP contribution in [0.3, 0.4) is 0 Å². The second-order valence-electron chi connectivity index (χ2n) is 5.19. The van der Waals surface area contributed by atoms with Gasteiger partial charge in [-0.2, -0.15) is 0 Å². The molecule has 0 aromatic heterocycles. The molecule has 2 aromatic rings. The van der Waals surface area contributed by atoms with Gasteiger partial charge in [-0.1, -0.05) is 18.2 Å². The van der Waals surface area contributed by atoms with Crippen LogP contribution >= 0.6 is 12.2 Å². The summed E-state index contributed by atoms with van der Waals surface area (Å²) in [5, 5.41) is 6.84. The Hall–Kier alpha value is -2.47. The Morgan fingerprint density at radius 1 is 1.04 bits per heavy atom. The second kappa shape index (κ2) is 8.98. The first-order chi connectivity index (χ1) is 11.6. The summed E-state index contributed by atoms with van der Waals surface area (Å²) < 4.78 is 16.2. The predicted molar refractivity (Wildman–Crippen MR) is 100 cm³/mol. The zero-order valence-corrected chi connectivity index (χ0v) is 14.9. The third kappa shape index (κ3) is 5.31. The number of hydrogen-bond donors (Lipinski definition) is 2. The van der Waals surface area contributed by atoms with Crippen LogP contribution in [0, 0.1) is 0 Å². The first kappa shape index (κ1) is 17.9. The standard InChI is InChI=1S/C18H22N2O3S/c1-13(12-23-17-10-5-4-9-16(17)22-3)19-18(24)20-14-7-6-8-15(11-14)21-2/h4-11,13H,12H2,1-3H3,(H2,19,20,24)/t13-/m0/s1. The monoisotopic (exact) mass is 346 g/mol. The molecular weight excluding hydrogens is 324 g/mol. The maximum atomic E-state index is 5.78. The van der Waals surface area contributed by atoms with Gasteiger partial charge in [-0.05, 0) is 43.4 Å². The fourth-order valence-electron chi connectivity index (χ4n) is 2.09. The molecule has 0 spiro atoms. The van der Waals surface area contributed by atoms with Crippen molar-refractivity contribution in [1.29, 1.82) is 0 Å². The lowest BCUT2D eigenvalue weighted by molar-refractivity contribution is 0.270. The molecule has 0 aliphatic heterocycles. The number of hydrogen-bond acceptors (Lipinski definition) is 4. The van der Waals surface area contributed by atoms with E-state index < -0.39 is 0 Å². The molecule has 128 valence electrons. The fourth-order valence-corrected chi connectivity index (χ4v) is 2.41. The molecule has 2 N–H and O–H groups in total. The highest BCUT2D eigenvalue weighted by molar-refractivity contribution is 7.80. The van der Waals surface area contributed by atoms with Gasteiger partial charge in [0.25, 0.3) is 0 Å². The molecule has 5 nitrogen and oxygen atoms in total. The molecule has 0 aliphatic rings. The third-order valence-electron chi connectivity index (χ3n) is 3.26. The first-order valence-electron chi connectivity index (χ1n) is 7.59. The summed E-state index contributed by atoms with van der Waals surface area (Å²) in [4.78, 5) is 0. The van der Waals surface area contributed by atoms with Crippen molar-refractivity contribution in [3.8, 4) is 17.2 Å². The molecule has 0 saturated heterocycles. The maximum Gasteiger partial charge on any atom is 0.171 e. The Kier molecular flexibility index (Phi) is 6.69. The van der Waals surface area contributed by atoms with Crippen molar-refractivity contribution in [2.75, 3.05) is 26.1 Å². The lowest BCUT2D eigenvalue weighted by Gasteiger charge is -2.18. The number of ether oxygens (including phenoxy) is 3. The topological polar surface area (TPSA) is 51.8 Å². The van der Waals surface area contributed by atoms with E-state index in [4.69, 9.17) is 26.4 Å². The van der Waals surface area contributed by atoms with E-state index in [1.165, 1.54) is 0 Å². The van der Waals surface area contributed by atoms with E-state index in [0.717, 1.165) is 11.4 Å². The van der Waals surface area contributed by atoms with Gasteiger partial charge >= 0.3 is 0 Å². The highest BCUT2D eigenvalue weighted by atomic mass is 32.1. The van der Waals surface area contributed by atoms with Gasteiger partial charge in [0.05, 0.1) is 20.3 Å². The number of anilines is 1. The Morgan fingerprint density at radius 3 is 2.50 bits per heavy atom. The SMILES string of the molecule is COc1cccc(NC(=S)N[C@@H](C)COc2ccccc2OC)c1. The van der Waals surface area contributed by atoms with Gasteiger partial charge in [0.1, 0.15) is 12.4 Å². The number of benzene rings is 2. The van der Waals surface area contributed by atoms with E-state index in [0.29, 0.717) is 23.2 Å². The molecule has 0 aliphatic carbocycles. The lowest BCUT2D eigenvalue weighted by atomic mass is 10.3. The van der Waals surface area contributed by atoms with Crippen molar-refractivity contribution in [1.82, 2.24) is 5.32 Å². The molecule has 0 radical (unpaired) electrons. The van der Waals surface area contributed by atoms with Gasteiger partial charge in [-0.15, -0.1) is 0 Å². The van der Waals surface area contributed by atoms with Gasteiger partial charge in [-0.25, -0.2) is 0 Å². The molecule has 0 saturated carbocycles. The highest BCUT2D eigenvalue weighted by Crippen LogP contribution is 2.25. The summed E-state index contributed by atoms with van der Waals surface area (Å²) in [6.07, 6.45) is 0. The largest absolute Gasteiger partial charge is 0.497 e. The molecule has 0 fully saturated rings. The minimum absolute atomic E-state index is 0.0283. The fraction of sp³-hybridized carbons (Fsp3) is 0.278. The molecular formula is C18H22N2O3S. The minimum Gasteiger partial charge on any atom is -0.497 e. The van der Waals surface area contributed by atoms with Crippen LogP contribution in [0.2, 0.25) is 0 Å². The van der Waals surface area contributed by atoms with Crippen LogP contribution in [0.5, 0.6) is 17.2 Å². The van der Waals surface area contributed by atoms with E-state index in [9.17, 15) is 0 Å². The smallest absolute Gasteiger partial charge is 0.171 e. The van der Waals surface area contributed by atoms with E-state index in [1.54, 1.807) is 14.2 Å². The third-order valence-corrected chi connectivity index (χ3v) is 3.48. The number of para-hydroxylation sites is 2. The Bertz CT molecular complexity index is 679. The number of methoxy groups -OCH3 is 2. The Balaban J connectivity index is 1.83. The minimum atomic E-state index is 0.0283. The Labute approximate surface area is 147 Å². The van der Waals surface area contributed by atoms with Crippen LogP contribution < -0.4 is 24.8 Å². The summed E-state index contributed by atoms with van der Waals surface area (Å²) in [5.41, 5.74) is 0.865. The quantitative estimate of drug-likeness (QED) is 0.749. The van der Waals surface area contributed by atoms with Crippen LogP contribution in [-0.2, 0) is 0 Å². The number of thiocarbonyl (C=S) groups is 1. The molecule has 0 bridgehead atoms. The van der Waals surface area contributed by atoms with E-state index >= 15 is 0 Å². The van der Waals surface area contributed by atoms with Crippen molar-refractivity contribution in [2.24, 2.45) is 0 Å². The number of nitrogens with one attached hydrogen (secondary N) is 2. The van der Waals surface area contributed by atoms with Crippen molar-refractivity contribution >= 4 is 23.0 Å². The molecule has 0 unspecified atom stereocenters. The second-order valence-corrected chi connectivity index (χ2v) is 5.60. The lowest BCUT2D eigenvalue weighted by Crippen LogP contribution is -2.39. The Morgan fingerprint density at radius 2 is 1.79 bits per heavy atom. The molecule has 0 heterocycles. The molecule has 24 heavy (non-hydrogen) atoms. The van der Waals surface area contributed by atoms with Gasteiger partial charge in [-0.3, -0.25) is 0 Å². The summed E-state index contributed by atoms with van der Waals surface area (Å²) in [7, 11) is 3.25. The van der Waals surface area contributed by atoms with Gasteiger partial charge in [0.15, 0.2) is 16.6 Å². The van der Waals surface area contributed by atoms with Crippen molar-refractivity contribution in [3.05, 3.63) is 48.5 Å². The van der Waals surface area contributed by atoms with Crippen LogP contribution in [-0.4, -0.2) is 32.0 Å². The average Bonchev–Trinajstić information content (AvgIpc) is 2.60. The first-order valence-corrected chi connectivity index (χ1v) is 8.00. The van der Waals surface area contributed by atoms with E-state index in [1.807, 2.05) is 55.5 Å². The zero-order valence-electron chi connectivity index (χ0n) is 14.0. The molecule has 2 aromatic carbocycles. The normalized spacial score (nSPS) is 11.3. The maximum absolute atomic E-state index is 5.78. The molecule has 1 atom stereocenters. The van der Waals surface area contributed by atoms with Crippen molar-refractivity contribution < 1.29 is 14.2 Å². The average molecular weight is 346 g/mol. The van der Waals surface area contributed by atoms with Gasteiger partial charge < -0.3 is 24.8 Å². The summed E-state index contributed by atoms with van der Waals surface area (Å²) in [5.74, 6) is 2.19. The van der Waals surface area contributed by atoms with Crippen LogP contribution in [0.25, 0.3) is 0 Å². The number of rotatable bonds is 7. The van der Waals surface area contributed by atoms with E-state index in [2.05, 4.69) is 10.6 Å². The molecule has 2 rings (SSSR count). The molecule has 0 amide bonds. The summed E-state index contributed by atoms with van der Waals surface area (Å²) in [6.45, 7) is 2.45. The van der Waals surface area contributed by atoms with Crippen LogP contribution in [0.15, 0.2) is 48.5 Å².